The second-order valence-corrected chi connectivity index (χ2v) is 5.61. The van der Waals surface area contributed by atoms with E-state index in [0.717, 1.165) is 11.3 Å². The summed E-state index contributed by atoms with van der Waals surface area (Å²) in [4.78, 5) is 25.7. The first-order valence-corrected chi connectivity index (χ1v) is 7.69. The first-order chi connectivity index (χ1) is 11.6. The molecular weight excluding hydrogens is 313 g/mol. The molecule has 0 radical (unpaired) electrons. The third-order valence-electron chi connectivity index (χ3n) is 4.06. The third-order valence-corrected chi connectivity index (χ3v) is 4.06. The highest BCUT2D eigenvalue weighted by atomic mass is 19.1. The van der Waals surface area contributed by atoms with E-state index < -0.39 is 17.9 Å². The Morgan fingerprint density at radius 3 is 2.88 bits per heavy atom. The SMILES string of the molecule is Cc1occc1CNC(=O)NC1CCN(c2ccccc2F)C1=O. The Balaban J connectivity index is 1.57. The van der Waals surface area contributed by atoms with Crippen LogP contribution in [0.5, 0.6) is 0 Å². The highest BCUT2D eigenvalue weighted by Crippen LogP contribution is 2.24. The number of para-hydroxylation sites is 1. The van der Waals surface area contributed by atoms with Crippen LogP contribution in [0.25, 0.3) is 0 Å². The predicted octanol–water partition coefficient (Wildman–Crippen LogP) is 2.33. The lowest BCUT2D eigenvalue weighted by molar-refractivity contribution is -0.118. The van der Waals surface area contributed by atoms with E-state index in [4.69, 9.17) is 4.42 Å². The number of nitrogens with zero attached hydrogens (tertiary/aromatic N) is 1. The van der Waals surface area contributed by atoms with Crippen LogP contribution >= 0.6 is 0 Å². The molecule has 1 unspecified atom stereocenters. The number of rotatable bonds is 4. The Morgan fingerprint density at radius 2 is 2.17 bits per heavy atom. The molecule has 2 aromatic rings. The summed E-state index contributed by atoms with van der Waals surface area (Å²) >= 11 is 0. The molecule has 1 atom stereocenters. The van der Waals surface area contributed by atoms with Crippen molar-refractivity contribution in [2.45, 2.75) is 25.9 Å². The highest BCUT2D eigenvalue weighted by molar-refractivity contribution is 6.01. The molecule has 24 heavy (non-hydrogen) atoms. The zero-order valence-corrected chi connectivity index (χ0v) is 13.2. The van der Waals surface area contributed by atoms with Gasteiger partial charge in [-0.2, -0.15) is 0 Å². The van der Waals surface area contributed by atoms with Gasteiger partial charge >= 0.3 is 6.03 Å². The van der Waals surface area contributed by atoms with Crippen LogP contribution in [-0.4, -0.2) is 24.5 Å². The van der Waals surface area contributed by atoms with Gasteiger partial charge in [0.1, 0.15) is 17.6 Å². The van der Waals surface area contributed by atoms with Crippen molar-refractivity contribution in [2.75, 3.05) is 11.4 Å². The molecule has 7 heteroatoms. The minimum atomic E-state index is -0.657. The van der Waals surface area contributed by atoms with E-state index in [1.165, 1.54) is 11.0 Å². The molecule has 6 nitrogen and oxygen atoms in total. The van der Waals surface area contributed by atoms with Crippen molar-refractivity contribution in [3.8, 4) is 0 Å². The summed E-state index contributed by atoms with van der Waals surface area (Å²) in [6.07, 6.45) is 1.99. The standard InChI is InChI=1S/C17H18FN3O3/c1-11-12(7-9-24-11)10-19-17(23)20-14-6-8-21(16(14)22)15-5-3-2-4-13(15)18/h2-5,7,9,14H,6,8,10H2,1H3,(H2,19,20,23). The summed E-state index contributed by atoms with van der Waals surface area (Å²) in [5.74, 6) is -0.0286. The van der Waals surface area contributed by atoms with Crippen LogP contribution < -0.4 is 15.5 Å². The fourth-order valence-corrected chi connectivity index (χ4v) is 2.70. The zero-order valence-electron chi connectivity index (χ0n) is 13.2. The zero-order chi connectivity index (χ0) is 17.1. The van der Waals surface area contributed by atoms with Crippen molar-refractivity contribution in [1.82, 2.24) is 10.6 Å². The van der Waals surface area contributed by atoms with Crippen LogP contribution in [0.2, 0.25) is 0 Å². The molecular formula is C17H18FN3O3. The molecule has 3 rings (SSSR count). The van der Waals surface area contributed by atoms with Gasteiger partial charge in [-0.05, 0) is 31.5 Å². The van der Waals surface area contributed by atoms with Crippen LogP contribution in [0, 0.1) is 12.7 Å². The quantitative estimate of drug-likeness (QED) is 0.903. The number of aryl methyl sites for hydroxylation is 1. The lowest BCUT2D eigenvalue weighted by atomic mass is 10.2. The van der Waals surface area contributed by atoms with E-state index in [-0.39, 0.29) is 11.6 Å². The number of urea groups is 1. The van der Waals surface area contributed by atoms with Gasteiger partial charge in [0.25, 0.3) is 0 Å². The number of furan rings is 1. The average molecular weight is 331 g/mol. The van der Waals surface area contributed by atoms with E-state index >= 15 is 0 Å². The van der Waals surface area contributed by atoms with Gasteiger partial charge in [0, 0.05) is 18.7 Å². The highest BCUT2D eigenvalue weighted by Gasteiger charge is 2.34. The van der Waals surface area contributed by atoms with Crippen molar-refractivity contribution < 1.29 is 18.4 Å². The molecule has 1 aliphatic heterocycles. The fraction of sp³-hybridized carbons (Fsp3) is 0.294. The van der Waals surface area contributed by atoms with E-state index in [9.17, 15) is 14.0 Å². The topological polar surface area (TPSA) is 74.6 Å². The molecule has 126 valence electrons. The van der Waals surface area contributed by atoms with Crippen LogP contribution in [0.3, 0.4) is 0 Å². The number of halogens is 1. The van der Waals surface area contributed by atoms with E-state index in [1.807, 2.05) is 6.92 Å². The van der Waals surface area contributed by atoms with Crippen LogP contribution in [-0.2, 0) is 11.3 Å². The molecule has 3 amide bonds. The molecule has 1 aromatic heterocycles. The lowest BCUT2D eigenvalue weighted by Crippen LogP contribution is -2.46. The largest absolute Gasteiger partial charge is 0.469 e. The Kier molecular flexibility index (Phi) is 4.50. The molecule has 0 aliphatic carbocycles. The third kappa shape index (κ3) is 3.24. The minimum Gasteiger partial charge on any atom is -0.469 e. The maximum absolute atomic E-state index is 13.8. The lowest BCUT2D eigenvalue weighted by Gasteiger charge is -2.18. The van der Waals surface area contributed by atoms with Crippen molar-refractivity contribution in [3.05, 3.63) is 53.7 Å². The normalized spacial score (nSPS) is 17.2. The number of carbonyl (C=O) groups is 2. The van der Waals surface area contributed by atoms with Gasteiger partial charge in [-0.25, -0.2) is 9.18 Å². The molecule has 1 fully saturated rings. The monoisotopic (exact) mass is 331 g/mol. The molecule has 0 saturated carbocycles. The van der Waals surface area contributed by atoms with E-state index in [2.05, 4.69) is 10.6 Å². The average Bonchev–Trinajstić information content (AvgIpc) is 3.13. The first kappa shape index (κ1) is 16.0. The Labute approximate surface area is 138 Å². The van der Waals surface area contributed by atoms with Crippen molar-refractivity contribution >= 4 is 17.6 Å². The number of nitrogens with one attached hydrogen (secondary N) is 2. The Bertz CT molecular complexity index is 759. The van der Waals surface area contributed by atoms with Gasteiger partial charge in [-0.3, -0.25) is 4.79 Å². The number of hydrogen-bond donors (Lipinski definition) is 2. The summed E-state index contributed by atoms with van der Waals surface area (Å²) in [5.41, 5.74) is 1.11. The van der Waals surface area contributed by atoms with Crippen molar-refractivity contribution in [2.24, 2.45) is 0 Å². The van der Waals surface area contributed by atoms with Crippen LogP contribution in [0.4, 0.5) is 14.9 Å². The second kappa shape index (κ2) is 6.74. The summed E-state index contributed by atoms with van der Waals surface area (Å²) in [6, 6.07) is 6.78. The van der Waals surface area contributed by atoms with Gasteiger partial charge in [0.2, 0.25) is 5.91 Å². The van der Waals surface area contributed by atoms with Gasteiger partial charge < -0.3 is 20.0 Å². The maximum Gasteiger partial charge on any atom is 0.315 e. The predicted molar refractivity (Wildman–Crippen MR) is 86.0 cm³/mol. The van der Waals surface area contributed by atoms with Crippen molar-refractivity contribution in [3.63, 3.8) is 0 Å². The molecule has 0 spiro atoms. The number of hydrogen-bond acceptors (Lipinski definition) is 3. The summed E-state index contributed by atoms with van der Waals surface area (Å²) in [5, 5.41) is 5.32. The van der Waals surface area contributed by atoms with Gasteiger partial charge in [-0.15, -0.1) is 0 Å². The van der Waals surface area contributed by atoms with Crippen LogP contribution in [0.15, 0.2) is 41.0 Å². The van der Waals surface area contributed by atoms with E-state index in [1.54, 1.807) is 30.5 Å². The molecule has 2 heterocycles. The summed E-state index contributed by atoms with van der Waals surface area (Å²) in [7, 11) is 0. The Morgan fingerprint density at radius 1 is 1.38 bits per heavy atom. The summed E-state index contributed by atoms with van der Waals surface area (Å²) in [6.45, 7) is 2.49. The van der Waals surface area contributed by atoms with Gasteiger partial charge in [0.15, 0.2) is 0 Å². The maximum atomic E-state index is 13.8. The first-order valence-electron chi connectivity index (χ1n) is 7.69. The molecule has 0 bridgehead atoms. The fourth-order valence-electron chi connectivity index (χ4n) is 2.70. The van der Waals surface area contributed by atoms with Crippen LogP contribution in [0.1, 0.15) is 17.7 Å². The van der Waals surface area contributed by atoms with Gasteiger partial charge in [0.05, 0.1) is 12.0 Å². The number of amides is 3. The Hall–Kier alpha value is -2.83. The smallest absolute Gasteiger partial charge is 0.315 e. The minimum absolute atomic E-state index is 0.237. The number of anilines is 1. The number of benzene rings is 1. The number of carbonyl (C=O) groups excluding carboxylic acids is 2. The molecule has 2 N–H and O–H groups in total. The molecule has 1 saturated heterocycles. The second-order valence-electron chi connectivity index (χ2n) is 5.61. The van der Waals surface area contributed by atoms with Crippen molar-refractivity contribution in [1.29, 1.82) is 0 Å². The molecule has 1 aromatic carbocycles. The molecule has 1 aliphatic rings. The van der Waals surface area contributed by atoms with Gasteiger partial charge in [-0.1, -0.05) is 12.1 Å². The summed E-state index contributed by atoms with van der Waals surface area (Å²) < 4.78 is 19.0. The van der Waals surface area contributed by atoms with E-state index in [0.29, 0.717) is 19.5 Å².